The molecule has 2 aromatic rings. The molecule has 0 aliphatic heterocycles. The van der Waals surface area contributed by atoms with Crippen LogP contribution >= 0.6 is 23.7 Å². The van der Waals surface area contributed by atoms with E-state index < -0.39 is 0 Å². The first-order valence-electron chi connectivity index (χ1n) is 4.74. The van der Waals surface area contributed by atoms with Crippen LogP contribution in [-0.4, -0.2) is 10.1 Å². The van der Waals surface area contributed by atoms with E-state index in [1.165, 1.54) is 0 Å². The van der Waals surface area contributed by atoms with Crippen LogP contribution in [0.15, 0.2) is 9.90 Å². The maximum Gasteiger partial charge on any atom is 0.143 e. The summed E-state index contributed by atoms with van der Waals surface area (Å²) in [5.41, 5.74) is 8.53. The van der Waals surface area contributed by atoms with E-state index in [1.807, 2.05) is 26.2 Å². The van der Waals surface area contributed by atoms with Gasteiger partial charge in [-0.2, -0.15) is 0 Å². The van der Waals surface area contributed by atoms with E-state index in [2.05, 4.69) is 10.1 Å². The van der Waals surface area contributed by atoms with Crippen molar-refractivity contribution < 1.29 is 4.52 Å². The Morgan fingerprint density at radius 2 is 2.12 bits per heavy atom. The molecule has 0 aromatic carbocycles. The van der Waals surface area contributed by atoms with Crippen molar-refractivity contribution in [3.63, 3.8) is 0 Å². The molecule has 0 saturated heterocycles. The van der Waals surface area contributed by atoms with Gasteiger partial charge < -0.3 is 10.3 Å². The molecule has 88 valence electrons. The lowest BCUT2D eigenvalue weighted by Crippen LogP contribution is -2.03. The van der Waals surface area contributed by atoms with Gasteiger partial charge in [0.1, 0.15) is 10.8 Å². The Hall–Kier alpha value is -0.910. The second-order valence-corrected chi connectivity index (χ2v) is 4.45. The number of aryl methyl sites for hydroxylation is 2. The summed E-state index contributed by atoms with van der Waals surface area (Å²) in [5.74, 6) is 0.800. The zero-order valence-corrected chi connectivity index (χ0v) is 11.0. The van der Waals surface area contributed by atoms with Gasteiger partial charge >= 0.3 is 0 Å². The molecule has 6 heteroatoms. The van der Waals surface area contributed by atoms with Crippen LogP contribution in [0.1, 0.15) is 29.4 Å². The molecule has 1 unspecified atom stereocenters. The molecule has 2 N–H and O–H groups in total. The van der Waals surface area contributed by atoms with Gasteiger partial charge in [-0.3, -0.25) is 0 Å². The van der Waals surface area contributed by atoms with Gasteiger partial charge in [0, 0.05) is 5.38 Å². The van der Waals surface area contributed by atoms with Gasteiger partial charge in [0.15, 0.2) is 0 Å². The van der Waals surface area contributed by atoms with Gasteiger partial charge in [0.2, 0.25) is 0 Å². The lowest BCUT2D eigenvalue weighted by molar-refractivity contribution is 0.393. The maximum absolute atomic E-state index is 5.77. The third-order valence-electron chi connectivity index (χ3n) is 2.20. The lowest BCUT2D eigenvalue weighted by atomic mass is 10.1. The van der Waals surface area contributed by atoms with E-state index in [-0.39, 0.29) is 18.4 Å². The highest BCUT2D eigenvalue weighted by Gasteiger charge is 2.15. The van der Waals surface area contributed by atoms with Crippen LogP contribution in [0, 0.1) is 13.8 Å². The average Bonchev–Trinajstić information content (AvgIpc) is 2.73. The minimum atomic E-state index is -0.0239. The molecule has 1 atom stereocenters. The van der Waals surface area contributed by atoms with Crippen LogP contribution in [0.4, 0.5) is 0 Å². The van der Waals surface area contributed by atoms with Crippen molar-refractivity contribution in [1.29, 1.82) is 0 Å². The molecule has 2 heterocycles. The highest BCUT2D eigenvalue weighted by molar-refractivity contribution is 7.10. The second-order valence-electron chi connectivity index (χ2n) is 3.56. The van der Waals surface area contributed by atoms with Gasteiger partial charge in [0.05, 0.1) is 23.0 Å². The van der Waals surface area contributed by atoms with Gasteiger partial charge in [-0.1, -0.05) is 5.16 Å². The number of halogens is 1. The Morgan fingerprint density at radius 3 is 2.56 bits per heavy atom. The molecule has 0 saturated carbocycles. The maximum atomic E-state index is 5.77. The Kier molecular flexibility index (Phi) is 4.07. The fourth-order valence-electron chi connectivity index (χ4n) is 1.46. The van der Waals surface area contributed by atoms with Crippen LogP contribution < -0.4 is 5.73 Å². The summed E-state index contributed by atoms with van der Waals surface area (Å²) in [5, 5.41) is 6.83. The first kappa shape index (κ1) is 13.2. The molecule has 0 spiro atoms. The van der Waals surface area contributed by atoms with Crippen molar-refractivity contribution in [1.82, 2.24) is 10.1 Å². The van der Waals surface area contributed by atoms with Crippen molar-refractivity contribution in [2.75, 3.05) is 0 Å². The largest absolute Gasteiger partial charge is 0.361 e. The first-order valence-corrected chi connectivity index (χ1v) is 5.62. The molecule has 2 rings (SSSR count). The van der Waals surface area contributed by atoms with E-state index in [0.717, 1.165) is 27.7 Å². The highest BCUT2D eigenvalue weighted by atomic mass is 35.5. The monoisotopic (exact) mass is 259 g/mol. The number of rotatable bonds is 2. The molecule has 0 aliphatic carbocycles. The van der Waals surface area contributed by atoms with Crippen molar-refractivity contribution in [2.45, 2.75) is 26.8 Å². The fraction of sp³-hybridized carbons (Fsp3) is 0.400. The van der Waals surface area contributed by atoms with Crippen molar-refractivity contribution in [3.05, 3.63) is 21.8 Å². The summed E-state index contributed by atoms with van der Waals surface area (Å²) < 4.78 is 5.10. The minimum absolute atomic E-state index is 0. The van der Waals surface area contributed by atoms with Crippen LogP contribution in [-0.2, 0) is 0 Å². The average molecular weight is 260 g/mol. The molecule has 16 heavy (non-hydrogen) atoms. The van der Waals surface area contributed by atoms with Crippen molar-refractivity contribution >= 4 is 23.7 Å². The molecule has 0 amide bonds. The number of hydrogen-bond acceptors (Lipinski definition) is 5. The van der Waals surface area contributed by atoms with Crippen molar-refractivity contribution in [2.24, 2.45) is 5.73 Å². The van der Waals surface area contributed by atoms with E-state index in [4.69, 9.17) is 10.3 Å². The summed E-state index contributed by atoms with van der Waals surface area (Å²) in [6.07, 6.45) is 0. The Bertz CT molecular complexity index is 459. The van der Waals surface area contributed by atoms with Crippen LogP contribution in [0.25, 0.3) is 11.3 Å². The van der Waals surface area contributed by atoms with Gasteiger partial charge in [-0.25, -0.2) is 4.98 Å². The Morgan fingerprint density at radius 1 is 1.44 bits per heavy atom. The van der Waals surface area contributed by atoms with E-state index in [1.54, 1.807) is 11.3 Å². The second kappa shape index (κ2) is 4.95. The van der Waals surface area contributed by atoms with Gasteiger partial charge in [-0.05, 0) is 20.8 Å². The number of nitrogens with two attached hydrogens (primary N) is 1. The van der Waals surface area contributed by atoms with E-state index in [9.17, 15) is 0 Å². The summed E-state index contributed by atoms with van der Waals surface area (Å²) in [4.78, 5) is 4.47. The first-order chi connectivity index (χ1) is 7.09. The highest BCUT2D eigenvalue weighted by Crippen LogP contribution is 2.29. The molecule has 2 aromatic heterocycles. The standard InChI is InChI=1S/C10H13N3OS.ClH/c1-5(11)10-12-8(4-15-10)9-6(2)13-14-7(9)3;/h4-5H,11H2,1-3H3;1H. The van der Waals surface area contributed by atoms with Gasteiger partial charge in [0.25, 0.3) is 0 Å². The Labute approximate surface area is 104 Å². The minimum Gasteiger partial charge on any atom is -0.361 e. The molecular weight excluding hydrogens is 246 g/mol. The quantitative estimate of drug-likeness (QED) is 0.901. The normalized spacial score (nSPS) is 12.2. The molecule has 0 radical (unpaired) electrons. The molecule has 4 nitrogen and oxygen atoms in total. The number of hydrogen-bond donors (Lipinski definition) is 1. The third-order valence-corrected chi connectivity index (χ3v) is 3.25. The van der Waals surface area contributed by atoms with Crippen LogP contribution in [0.5, 0.6) is 0 Å². The fourth-order valence-corrected chi connectivity index (χ4v) is 2.23. The summed E-state index contributed by atoms with van der Waals surface area (Å²) in [7, 11) is 0. The number of aromatic nitrogens is 2. The molecule has 0 bridgehead atoms. The predicted molar refractivity (Wildman–Crippen MR) is 66.9 cm³/mol. The number of thiazole rings is 1. The molecule has 0 aliphatic rings. The SMILES string of the molecule is Cc1noc(C)c1-c1csc(C(C)N)n1.Cl. The topological polar surface area (TPSA) is 64.9 Å². The number of nitrogens with zero attached hydrogens (tertiary/aromatic N) is 2. The summed E-state index contributed by atoms with van der Waals surface area (Å²) in [6.45, 7) is 5.73. The summed E-state index contributed by atoms with van der Waals surface area (Å²) in [6, 6.07) is -0.0239. The van der Waals surface area contributed by atoms with E-state index >= 15 is 0 Å². The van der Waals surface area contributed by atoms with Crippen LogP contribution in [0.2, 0.25) is 0 Å². The molecule has 0 fully saturated rings. The van der Waals surface area contributed by atoms with Crippen LogP contribution in [0.3, 0.4) is 0 Å². The van der Waals surface area contributed by atoms with Gasteiger partial charge in [-0.15, -0.1) is 23.7 Å². The van der Waals surface area contributed by atoms with E-state index in [0.29, 0.717) is 0 Å². The third kappa shape index (κ3) is 2.26. The predicted octanol–water partition coefficient (Wildman–Crippen LogP) is 2.86. The summed E-state index contributed by atoms with van der Waals surface area (Å²) >= 11 is 1.57. The van der Waals surface area contributed by atoms with Crippen molar-refractivity contribution in [3.8, 4) is 11.3 Å². The molecular formula is C10H14ClN3OS. The smallest absolute Gasteiger partial charge is 0.143 e. The zero-order valence-electron chi connectivity index (χ0n) is 9.35. The Balaban J connectivity index is 0.00000128. The zero-order chi connectivity index (χ0) is 11.0. The lowest BCUT2D eigenvalue weighted by Gasteiger charge is -1.97.